The topological polar surface area (TPSA) is 47.6 Å². The Morgan fingerprint density at radius 1 is 1.00 bits per heavy atom. The minimum Gasteiger partial charge on any atom is -0.192 e. The highest BCUT2D eigenvalue weighted by Crippen LogP contribution is 2.13. The minimum absolute atomic E-state index is 0.411. The summed E-state index contributed by atoms with van der Waals surface area (Å²) in [6.07, 6.45) is 0. The lowest BCUT2D eigenvalue weighted by atomic mass is 10.1. The highest BCUT2D eigenvalue weighted by molar-refractivity contribution is 6.30. The third kappa shape index (κ3) is 1.70. The standard InChI is InChI=1S/C8H3ClN2/c9-8-2-6(4-10)1-7(3-8)5-11/h1-3H. The summed E-state index contributed by atoms with van der Waals surface area (Å²) in [6.45, 7) is 0. The smallest absolute Gasteiger partial charge is 0.0992 e. The Labute approximate surface area is 69.2 Å². The number of hydrogen-bond donors (Lipinski definition) is 0. The predicted octanol–water partition coefficient (Wildman–Crippen LogP) is 2.08. The van der Waals surface area contributed by atoms with Crippen LogP contribution >= 0.6 is 11.6 Å². The molecule has 0 spiro atoms. The molecule has 2 nitrogen and oxygen atoms in total. The Kier molecular flexibility index (Phi) is 2.11. The zero-order valence-electron chi connectivity index (χ0n) is 5.50. The van der Waals surface area contributed by atoms with E-state index in [4.69, 9.17) is 22.1 Å². The molecule has 1 aromatic rings. The van der Waals surface area contributed by atoms with Gasteiger partial charge in [-0.3, -0.25) is 0 Å². The molecule has 0 aliphatic rings. The molecule has 11 heavy (non-hydrogen) atoms. The Hall–Kier alpha value is -1.51. The van der Waals surface area contributed by atoms with Gasteiger partial charge in [-0.25, -0.2) is 0 Å². The molecule has 52 valence electrons. The van der Waals surface area contributed by atoms with E-state index in [0.29, 0.717) is 16.1 Å². The Morgan fingerprint density at radius 3 is 1.82 bits per heavy atom. The summed E-state index contributed by atoms with van der Waals surface area (Å²) in [6, 6.07) is 8.34. The average Bonchev–Trinajstić information content (AvgIpc) is 2.03. The van der Waals surface area contributed by atoms with Gasteiger partial charge < -0.3 is 0 Å². The van der Waals surface area contributed by atoms with Crippen molar-refractivity contribution in [2.24, 2.45) is 0 Å². The normalized spacial score (nSPS) is 8.27. The molecule has 3 heteroatoms. The van der Waals surface area contributed by atoms with E-state index >= 15 is 0 Å². The predicted molar refractivity (Wildman–Crippen MR) is 40.9 cm³/mol. The van der Waals surface area contributed by atoms with Crippen LogP contribution in [0.15, 0.2) is 18.2 Å². The molecular weight excluding hydrogens is 160 g/mol. The van der Waals surface area contributed by atoms with E-state index in [2.05, 4.69) is 0 Å². The van der Waals surface area contributed by atoms with Gasteiger partial charge in [0.15, 0.2) is 0 Å². The second-order valence-corrected chi connectivity index (χ2v) is 2.39. The molecule has 0 bridgehead atoms. The van der Waals surface area contributed by atoms with Crippen LogP contribution in [0.3, 0.4) is 0 Å². The number of nitriles is 2. The van der Waals surface area contributed by atoms with E-state index < -0.39 is 0 Å². The lowest BCUT2D eigenvalue weighted by Gasteiger charge is -1.91. The monoisotopic (exact) mass is 162 g/mol. The zero-order valence-corrected chi connectivity index (χ0v) is 6.26. The van der Waals surface area contributed by atoms with Gasteiger partial charge in [-0.15, -0.1) is 0 Å². The van der Waals surface area contributed by atoms with Crippen molar-refractivity contribution >= 4 is 11.6 Å². The highest BCUT2D eigenvalue weighted by atomic mass is 35.5. The van der Waals surface area contributed by atoms with E-state index in [9.17, 15) is 0 Å². The zero-order chi connectivity index (χ0) is 8.27. The first-order valence-corrected chi connectivity index (χ1v) is 3.25. The largest absolute Gasteiger partial charge is 0.192 e. The summed E-state index contributed by atoms with van der Waals surface area (Å²) in [5.41, 5.74) is 0.822. The molecule has 0 aliphatic carbocycles. The van der Waals surface area contributed by atoms with Gasteiger partial charge in [0.2, 0.25) is 0 Å². The molecule has 0 amide bonds. The molecule has 0 saturated carbocycles. The second kappa shape index (κ2) is 3.05. The van der Waals surface area contributed by atoms with Crippen molar-refractivity contribution in [2.75, 3.05) is 0 Å². The van der Waals surface area contributed by atoms with Crippen LogP contribution < -0.4 is 0 Å². The fourth-order valence-electron chi connectivity index (χ4n) is 0.719. The van der Waals surface area contributed by atoms with Gasteiger partial charge in [0, 0.05) is 5.02 Å². The van der Waals surface area contributed by atoms with Gasteiger partial charge in [0.25, 0.3) is 0 Å². The van der Waals surface area contributed by atoms with Crippen LogP contribution in [0.2, 0.25) is 5.02 Å². The van der Waals surface area contributed by atoms with Crippen molar-refractivity contribution < 1.29 is 0 Å². The van der Waals surface area contributed by atoms with Gasteiger partial charge in [-0.2, -0.15) is 10.5 Å². The maximum Gasteiger partial charge on any atom is 0.0992 e. The first-order chi connectivity index (χ1) is 5.26. The van der Waals surface area contributed by atoms with Gasteiger partial charge in [0.1, 0.15) is 0 Å². The molecule has 0 aliphatic heterocycles. The summed E-state index contributed by atoms with van der Waals surface area (Å²) in [5.74, 6) is 0. The molecule has 0 heterocycles. The van der Waals surface area contributed by atoms with Crippen LogP contribution in [0, 0.1) is 22.7 Å². The van der Waals surface area contributed by atoms with E-state index in [-0.39, 0.29) is 0 Å². The Morgan fingerprint density at radius 2 is 1.45 bits per heavy atom. The third-order valence-electron chi connectivity index (χ3n) is 1.16. The van der Waals surface area contributed by atoms with Crippen molar-refractivity contribution in [1.82, 2.24) is 0 Å². The van der Waals surface area contributed by atoms with Crippen LogP contribution in [0.5, 0.6) is 0 Å². The van der Waals surface area contributed by atoms with Crippen molar-refractivity contribution in [2.45, 2.75) is 0 Å². The van der Waals surface area contributed by atoms with E-state index in [1.165, 1.54) is 18.2 Å². The van der Waals surface area contributed by atoms with Crippen molar-refractivity contribution in [3.63, 3.8) is 0 Å². The summed E-state index contributed by atoms with van der Waals surface area (Å²) < 4.78 is 0. The fourth-order valence-corrected chi connectivity index (χ4v) is 0.954. The molecule has 0 aromatic heterocycles. The van der Waals surface area contributed by atoms with Gasteiger partial charge in [-0.05, 0) is 18.2 Å². The highest BCUT2D eigenvalue weighted by Gasteiger charge is 1.96. The van der Waals surface area contributed by atoms with Gasteiger partial charge in [-0.1, -0.05) is 11.6 Å². The van der Waals surface area contributed by atoms with Crippen LogP contribution in [0.25, 0.3) is 0 Å². The SMILES string of the molecule is N#Cc1cc(Cl)cc(C#N)c1. The van der Waals surface area contributed by atoms with Crippen LogP contribution in [0.1, 0.15) is 11.1 Å². The lowest BCUT2D eigenvalue weighted by molar-refractivity contribution is 1.45. The van der Waals surface area contributed by atoms with E-state index in [1.54, 1.807) is 0 Å². The number of hydrogen-bond acceptors (Lipinski definition) is 2. The molecule has 1 rings (SSSR count). The summed E-state index contributed by atoms with van der Waals surface area (Å²) in [7, 11) is 0. The summed E-state index contributed by atoms with van der Waals surface area (Å²) >= 11 is 5.61. The van der Waals surface area contributed by atoms with Crippen LogP contribution in [-0.4, -0.2) is 0 Å². The first-order valence-electron chi connectivity index (χ1n) is 2.87. The van der Waals surface area contributed by atoms with Crippen molar-refractivity contribution in [3.8, 4) is 12.1 Å². The molecule has 0 fully saturated rings. The maximum absolute atomic E-state index is 8.46. The quantitative estimate of drug-likeness (QED) is 0.587. The molecule has 0 saturated heterocycles. The van der Waals surface area contributed by atoms with Crippen molar-refractivity contribution in [1.29, 1.82) is 10.5 Å². The first kappa shape index (κ1) is 7.60. The number of nitrogens with zero attached hydrogens (tertiary/aromatic N) is 2. The van der Waals surface area contributed by atoms with Gasteiger partial charge in [0.05, 0.1) is 23.3 Å². The molecule has 0 unspecified atom stereocenters. The Bertz CT molecular complexity index is 325. The van der Waals surface area contributed by atoms with E-state index in [0.717, 1.165) is 0 Å². The molecule has 0 atom stereocenters. The summed E-state index contributed by atoms with van der Waals surface area (Å²) in [4.78, 5) is 0. The number of benzene rings is 1. The summed E-state index contributed by atoms with van der Waals surface area (Å²) in [5, 5.41) is 17.3. The Balaban J connectivity index is 3.28. The van der Waals surface area contributed by atoms with E-state index in [1.807, 2.05) is 12.1 Å². The van der Waals surface area contributed by atoms with Crippen molar-refractivity contribution in [3.05, 3.63) is 34.3 Å². The fraction of sp³-hybridized carbons (Fsp3) is 0. The molecule has 0 radical (unpaired) electrons. The molecular formula is C8H3ClN2. The van der Waals surface area contributed by atoms with Crippen LogP contribution in [0.4, 0.5) is 0 Å². The molecule has 1 aromatic carbocycles. The number of rotatable bonds is 0. The maximum atomic E-state index is 8.46. The van der Waals surface area contributed by atoms with Crippen LogP contribution in [-0.2, 0) is 0 Å². The minimum atomic E-state index is 0.411. The lowest BCUT2D eigenvalue weighted by Crippen LogP contribution is -1.78. The third-order valence-corrected chi connectivity index (χ3v) is 1.37. The second-order valence-electron chi connectivity index (χ2n) is 1.95. The number of halogens is 1. The average molecular weight is 163 g/mol. The van der Waals surface area contributed by atoms with Gasteiger partial charge >= 0.3 is 0 Å². The molecule has 0 N–H and O–H groups in total.